The van der Waals surface area contributed by atoms with Crippen LogP contribution in [0.2, 0.25) is 0 Å². The molecule has 5 heteroatoms. The summed E-state index contributed by atoms with van der Waals surface area (Å²) in [5, 5.41) is 16.6. The van der Waals surface area contributed by atoms with Crippen molar-refractivity contribution >= 4 is 33.1 Å². The number of hydrogen-bond acceptors (Lipinski definition) is 5. The van der Waals surface area contributed by atoms with E-state index in [-0.39, 0.29) is 5.75 Å². The van der Waals surface area contributed by atoms with E-state index in [0.29, 0.717) is 17.4 Å². The molecule has 0 fully saturated rings. The molecule has 0 unspecified atom stereocenters. The van der Waals surface area contributed by atoms with Crippen LogP contribution in [-0.2, 0) is 0 Å². The maximum atomic E-state index is 10.2. The number of fused-ring (bicyclic) bond motifs is 1. The summed E-state index contributed by atoms with van der Waals surface area (Å²) in [6.45, 7) is 6.34. The van der Waals surface area contributed by atoms with Gasteiger partial charge in [-0.2, -0.15) is 0 Å². The normalized spacial score (nSPS) is 11.3. The molecule has 2 heterocycles. The summed E-state index contributed by atoms with van der Waals surface area (Å²) in [5.41, 5.74) is 5.19. The van der Waals surface area contributed by atoms with Crippen LogP contribution in [0, 0.1) is 6.92 Å². The highest BCUT2D eigenvalue weighted by Gasteiger charge is 2.14. The first-order valence-electron chi connectivity index (χ1n) is 8.92. The van der Waals surface area contributed by atoms with Gasteiger partial charge in [-0.15, -0.1) is 11.3 Å². The lowest BCUT2D eigenvalue weighted by molar-refractivity contribution is 0.477. The lowest BCUT2D eigenvalue weighted by atomic mass is 9.99. The quantitative estimate of drug-likeness (QED) is 0.415. The first-order chi connectivity index (χ1) is 13.0. The molecule has 0 saturated heterocycles. The van der Waals surface area contributed by atoms with Crippen molar-refractivity contribution in [3.8, 4) is 16.9 Å². The van der Waals surface area contributed by atoms with Crippen molar-refractivity contribution < 1.29 is 5.11 Å². The number of nitrogens with zero attached hydrogens (tertiary/aromatic N) is 2. The number of thiophene rings is 1. The van der Waals surface area contributed by atoms with E-state index in [2.05, 4.69) is 58.8 Å². The van der Waals surface area contributed by atoms with Gasteiger partial charge in [0, 0.05) is 10.9 Å². The Labute approximate surface area is 162 Å². The van der Waals surface area contributed by atoms with Crippen LogP contribution in [0.1, 0.15) is 30.9 Å². The van der Waals surface area contributed by atoms with Crippen LogP contribution in [0.4, 0.5) is 11.5 Å². The summed E-state index contributed by atoms with van der Waals surface area (Å²) in [6, 6.07) is 14.2. The first kappa shape index (κ1) is 17.5. The summed E-state index contributed by atoms with van der Waals surface area (Å²) in [4.78, 5) is 9.78. The number of benzene rings is 2. The van der Waals surface area contributed by atoms with Crippen LogP contribution in [0.15, 0.2) is 54.2 Å². The maximum absolute atomic E-state index is 10.2. The highest BCUT2D eigenvalue weighted by molar-refractivity contribution is 7.17. The van der Waals surface area contributed by atoms with Gasteiger partial charge in [0.1, 0.15) is 22.7 Å². The van der Waals surface area contributed by atoms with Gasteiger partial charge in [-0.25, -0.2) is 9.97 Å². The van der Waals surface area contributed by atoms with Crippen LogP contribution in [0.5, 0.6) is 5.75 Å². The van der Waals surface area contributed by atoms with E-state index in [0.717, 1.165) is 26.9 Å². The summed E-state index contributed by atoms with van der Waals surface area (Å²) in [7, 11) is 0. The summed E-state index contributed by atoms with van der Waals surface area (Å²) >= 11 is 1.60. The van der Waals surface area contributed by atoms with Crippen LogP contribution in [-0.4, -0.2) is 15.1 Å². The zero-order valence-electron chi connectivity index (χ0n) is 15.5. The molecule has 0 aliphatic heterocycles. The van der Waals surface area contributed by atoms with Gasteiger partial charge in [-0.1, -0.05) is 44.2 Å². The van der Waals surface area contributed by atoms with Crippen molar-refractivity contribution in [1.82, 2.24) is 9.97 Å². The minimum atomic E-state index is 0.208. The van der Waals surface area contributed by atoms with Gasteiger partial charge in [-0.05, 0) is 41.7 Å². The molecular formula is C22H21N3OS. The molecule has 0 aliphatic rings. The molecule has 4 aromatic rings. The third kappa shape index (κ3) is 3.38. The van der Waals surface area contributed by atoms with Gasteiger partial charge < -0.3 is 10.4 Å². The van der Waals surface area contributed by atoms with E-state index in [1.165, 1.54) is 5.56 Å². The molecule has 0 amide bonds. The van der Waals surface area contributed by atoms with Crippen molar-refractivity contribution in [3.05, 3.63) is 65.3 Å². The molecule has 0 saturated carbocycles. The van der Waals surface area contributed by atoms with Crippen LogP contribution in [0.3, 0.4) is 0 Å². The fourth-order valence-corrected chi connectivity index (χ4v) is 4.02. The fourth-order valence-electron chi connectivity index (χ4n) is 3.10. The number of phenols is 1. The van der Waals surface area contributed by atoms with Crippen LogP contribution in [0.25, 0.3) is 21.3 Å². The average molecular weight is 375 g/mol. The van der Waals surface area contributed by atoms with Crippen LogP contribution >= 0.6 is 11.3 Å². The molecule has 0 bridgehead atoms. The molecule has 4 nitrogen and oxygen atoms in total. The van der Waals surface area contributed by atoms with Gasteiger partial charge in [0.15, 0.2) is 0 Å². The van der Waals surface area contributed by atoms with E-state index in [4.69, 9.17) is 0 Å². The lowest BCUT2D eigenvalue weighted by Crippen LogP contribution is -1.96. The Bertz CT molecular complexity index is 1100. The second-order valence-electron chi connectivity index (χ2n) is 6.97. The molecule has 0 spiro atoms. The van der Waals surface area contributed by atoms with E-state index in [1.807, 2.05) is 19.1 Å². The Hall–Kier alpha value is -2.92. The second kappa shape index (κ2) is 7.00. The van der Waals surface area contributed by atoms with Crippen LogP contribution < -0.4 is 5.32 Å². The van der Waals surface area contributed by atoms with Crippen molar-refractivity contribution in [3.63, 3.8) is 0 Å². The number of nitrogens with one attached hydrogen (secondary N) is 1. The molecule has 2 N–H and O–H groups in total. The minimum Gasteiger partial charge on any atom is -0.506 e. The zero-order chi connectivity index (χ0) is 19.0. The number of aromatic nitrogens is 2. The second-order valence-corrected chi connectivity index (χ2v) is 7.83. The van der Waals surface area contributed by atoms with E-state index in [9.17, 15) is 5.11 Å². The Morgan fingerprint density at radius 2 is 1.81 bits per heavy atom. The van der Waals surface area contributed by atoms with Gasteiger partial charge in [-0.3, -0.25) is 0 Å². The SMILES string of the molecule is Cc1ccc(Nc2ncnc3scc(-c4ccc(C(C)C)cc4)c23)c(O)c1. The zero-order valence-corrected chi connectivity index (χ0v) is 16.3. The number of aryl methyl sites for hydroxylation is 1. The number of anilines is 2. The fraction of sp³-hybridized carbons (Fsp3) is 0.182. The minimum absolute atomic E-state index is 0.208. The molecule has 0 aliphatic carbocycles. The van der Waals surface area contributed by atoms with Crippen molar-refractivity contribution in [2.24, 2.45) is 0 Å². The smallest absolute Gasteiger partial charge is 0.143 e. The monoisotopic (exact) mass is 375 g/mol. The Kier molecular flexibility index (Phi) is 4.54. The van der Waals surface area contributed by atoms with Crippen molar-refractivity contribution in [2.75, 3.05) is 5.32 Å². The van der Waals surface area contributed by atoms with Gasteiger partial charge in [0.2, 0.25) is 0 Å². The Morgan fingerprint density at radius 3 is 2.52 bits per heavy atom. The Balaban J connectivity index is 1.79. The number of phenolic OH excluding ortho intramolecular Hbond substituents is 1. The molecule has 0 radical (unpaired) electrons. The topological polar surface area (TPSA) is 58.0 Å². The van der Waals surface area contributed by atoms with Gasteiger partial charge in [0.25, 0.3) is 0 Å². The van der Waals surface area contributed by atoms with E-state index < -0.39 is 0 Å². The summed E-state index contributed by atoms with van der Waals surface area (Å²) in [6.07, 6.45) is 1.55. The third-order valence-corrected chi connectivity index (χ3v) is 5.55. The molecule has 136 valence electrons. The summed E-state index contributed by atoms with van der Waals surface area (Å²) < 4.78 is 0. The highest BCUT2D eigenvalue weighted by Crippen LogP contribution is 2.38. The largest absolute Gasteiger partial charge is 0.506 e. The Morgan fingerprint density at radius 1 is 1.04 bits per heavy atom. The predicted molar refractivity (Wildman–Crippen MR) is 113 cm³/mol. The van der Waals surface area contributed by atoms with Gasteiger partial charge >= 0.3 is 0 Å². The number of aromatic hydroxyl groups is 1. The molecule has 4 rings (SSSR count). The molecule has 2 aromatic heterocycles. The van der Waals surface area contributed by atoms with Crippen molar-refractivity contribution in [2.45, 2.75) is 26.7 Å². The standard InChI is InChI=1S/C22H21N3OS/c1-13(2)15-5-7-16(8-6-15)17-11-27-22-20(17)21(23-12-24-22)25-18-9-4-14(3)10-19(18)26/h4-13,26H,1-3H3,(H,23,24,25). The number of hydrogen-bond donors (Lipinski definition) is 2. The molecule has 2 aromatic carbocycles. The van der Waals surface area contributed by atoms with E-state index >= 15 is 0 Å². The van der Waals surface area contributed by atoms with Crippen molar-refractivity contribution in [1.29, 1.82) is 0 Å². The predicted octanol–water partition coefficient (Wildman–Crippen LogP) is 6.24. The number of rotatable bonds is 4. The molecule has 27 heavy (non-hydrogen) atoms. The van der Waals surface area contributed by atoms with Gasteiger partial charge in [0.05, 0.1) is 11.1 Å². The molecule has 0 atom stereocenters. The average Bonchev–Trinajstić information content (AvgIpc) is 3.09. The third-order valence-electron chi connectivity index (χ3n) is 4.66. The lowest BCUT2D eigenvalue weighted by Gasteiger charge is -2.11. The summed E-state index contributed by atoms with van der Waals surface area (Å²) in [5.74, 6) is 1.41. The van der Waals surface area contributed by atoms with E-state index in [1.54, 1.807) is 23.7 Å². The molecular weight excluding hydrogens is 354 g/mol. The maximum Gasteiger partial charge on any atom is 0.143 e. The highest BCUT2D eigenvalue weighted by atomic mass is 32.1. The first-order valence-corrected chi connectivity index (χ1v) is 9.80.